The average Bonchev–Trinajstić information content (AvgIpc) is 2.02. The highest BCUT2D eigenvalue weighted by atomic mass is 32.2. The molecule has 12 heavy (non-hydrogen) atoms. The van der Waals surface area contributed by atoms with Gasteiger partial charge in [0.15, 0.2) is 0 Å². The van der Waals surface area contributed by atoms with Gasteiger partial charge in [-0.1, -0.05) is 12.5 Å². The van der Waals surface area contributed by atoms with Gasteiger partial charge in [-0.05, 0) is 18.6 Å². The van der Waals surface area contributed by atoms with Crippen LogP contribution in [-0.4, -0.2) is 22.6 Å². The Morgan fingerprint density at radius 1 is 1.42 bits per heavy atom. The smallest absolute Gasteiger partial charge is 0.303 e. The predicted octanol–water partition coefficient (Wildman–Crippen LogP) is 2.55. The van der Waals surface area contributed by atoms with Gasteiger partial charge in [-0.2, -0.15) is 11.8 Å². The molecule has 0 aliphatic heterocycles. The van der Waals surface area contributed by atoms with Crippen molar-refractivity contribution >= 4 is 17.7 Å². The van der Waals surface area contributed by atoms with Crippen molar-refractivity contribution in [3.63, 3.8) is 0 Å². The zero-order chi connectivity index (χ0) is 9.23. The molecule has 0 aromatic heterocycles. The molecular weight excluding hydrogens is 172 g/mol. The van der Waals surface area contributed by atoms with Crippen molar-refractivity contribution in [3.05, 3.63) is 12.7 Å². The summed E-state index contributed by atoms with van der Waals surface area (Å²) >= 11 is 1.85. The number of unbranched alkanes of at least 4 members (excludes halogenated alkanes) is 2. The third-order valence-corrected chi connectivity index (χ3v) is 2.46. The topological polar surface area (TPSA) is 37.3 Å². The highest BCUT2D eigenvalue weighted by Crippen LogP contribution is 2.07. The van der Waals surface area contributed by atoms with E-state index in [-0.39, 0.29) is 0 Å². The molecule has 0 spiro atoms. The van der Waals surface area contributed by atoms with Gasteiger partial charge in [0, 0.05) is 12.2 Å². The molecule has 0 saturated heterocycles. The first-order valence-electron chi connectivity index (χ1n) is 4.18. The van der Waals surface area contributed by atoms with E-state index in [2.05, 4.69) is 6.58 Å². The standard InChI is InChI=1S/C9H16O2S/c1-2-7-12-8-5-3-4-6-9(10)11/h2H,1,3-8H2,(H,10,11). The summed E-state index contributed by atoms with van der Waals surface area (Å²) in [4.78, 5) is 10.1. The van der Waals surface area contributed by atoms with E-state index < -0.39 is 5.97 Å². The fraction of sp³-hybridized carbons (Fsp3) is 0.667. The van der Waals surface area contributed by atoms with Gasteiger partial charge in [-0.25, -0.2) is 0 Å². The SMILES string of the molecule is C=CCSCCCCCC(=O)O. The van der Waals surface area contributed by atoms with Crippen LogP contribution in [0.4, 0.5) is 0 Å². The van der Waals surface area contributed by atoms with Gasteiger partial charge in [-0.15, -0.1) is 6.58 Å². The van der Waals surface area contributed by atoms with Crippen molar-refractivity contribution in [1.82, 2.24) is 0 Å². The largest absolute Gasteiger partial charge is 0.481 e. The monoisotopic (exact) mass is 188 g/mol. The lowest BCUT2D eigenvalue weighted by molar-refractivity contribution is -0.137. The second-order valence-corrected chi connectivity index (χ2v) is 3.72. The number of thioether (sulfide) groups is 1. The Labute approximate surface area is 78.0 Å². The Morgan fingerprint density at radius 3 is 2.75 bits per heavy atom. The number of carbonyl (C=O) groups is 1. The Balaban J connectivity index is 2.90. The van der Waals surface area contributed by atoms with E-state index >= 15 is 0 Å². The summed E-state index contributed by atoms with van der Waals surface area (Å²) in [6.07, 6.45) is 5.15. The van der Waals surface area contributed by atoms with Gasteiger partial charge >= 0.3 is 5.97 Å². The van der Waals surface area contributed by atoms with Crippen molar-refractivity contribution in [2.75, 3.05) is 11.5 Å². The third-order valence-electron chi connectivity index (χ3n) is 1.42. The first kappa shape index (κ1) is 11.6. The van der Waals surface area contributed by atoms with Crippen molar-refractivity contribution in [2.45, 2.75) is 25.7 Å². The molecule has 0 aliphatic rings. The number of carboxylic acid groups (broad SMARTS) is 1. The number of carboxylic acids is 1. The maximum Gasteiger partial charge on any atom is 0.303 e. The van der Waals surface area contributed by atoms with Crippen LogP contribution in [-0.2, 0) is 4.79 Å². The van der Waals surface area contributed by atoms with Crippen LogP contribution in [0.2, 0.25) is 0 Å². The Morgan fingerprint density at radius 2 is 2.17 bits per heavy atom. The molecule has 70 valence electrons. The minimum atomic E-state index is -0.686. The average molecular weight is 188 g/mol. The summed E-state index contributed by atoms with van der Waals surface area (Å²) < 4.78 is 0. The van der Waals surface area contributed by atoms with Gasteiger partial charge in [0.25, 0.3) is 0 Å². The van der Waals surface area contributed by atoms with Crippen molar-refractivity contribution < 1.29 is 9.90 Å². The lowest BCUT2D eigenvalue weighted by atomic mass is 10.2. The zero-order valence-corrected chi connectivity index (χ0v) is 8.11. The molecule has 0 rings (SSSR count). The number of aliphatic carboxylic acids is 1. The predicted molar refractivity (Wildman–Crippen MR) is 53.6 cm³/mol. The number of hydrogen-bond donors (Lipinski definition) is 1. The molecule has 0 radical (unpaired) electrons. The summed E-state index contributed by atoms with van der Waals surface area (Å²) in [5.74, 6) is 1.43. The van der Waals surface area contributed by atoms with Crippen LogP contribution >= 0.6 is 11.8 Å². The van der Waals surface area contributed by atoms with Crippen molar-refractivity contribution in [1.29, 1.82) is 0 Å². The van der Waals surface area contributed by atoms with E-state index in [1.165, 1.54) is 0 Å². The van der Waals surface area contributed by atoms with Gasteiger partial charge in [-0.3, -0.25) is 4.79 Å². The quantitative estimate of drug-likeness (QED) is 0.470. The molecule has 2 nitrogen and oxygen atoms in total. The highest BCUT2D eigenvalue weighted by Gasteiger charge is 1.95. The first-order valence-corrected chi connectivity index (χ1v) is 5.33. The molecule has 0 atom stereocenters. The molecular formula is C9H16O2S. The molecule has 0 aliphatic carbocycles. The molecule has 0 saturated carbocycles. The molecule has 0 fully saturated rings. The zero-order valence-electron chi connectivity index (χ0n) is 7.29. The maximum atomic E-state index is 10.1. The molecule has 0 bridgehead atoms. The summed E-state index contributed by atoms with van der Waals surface area (Å²) in [6.45, 7) is 3.62. The van der Waals surface area contributed by atoms with Gasteiger partial charge in [0.2, 0.25) is 0 Å². The minimum absolute atomic E-state index is 0.312. The molecule has 0 unspecified atom stereocenters. The van der Waals surface area contributed by atoms with E-state index in [4.69, 9.17) is 5.11 Å². The molecule has 0 aromatic rings. The van der Waals surface area contributed by atoms with Crippen LogP contribution in [0.3, 0.4) is 0 Å². The second-order valence-electron chi connectivity index (χ2n) is 2.57. The van der Waals surface area contributed by atoms with E-state index in [0.29, 0.717) is 6.42 Å². The highest BCUT2D eigenvalue weighted by molar-refractivity contribution is 7.99. The lowest BCUT2D eigenvalue weighted by Gasteiger charge is -1.97. The van der Waals surface area contributed by atoms with E-state index in [1.54, 1.807) is 0 Å². The van der Waals surface area contributed by atoms with Crippen LogP contribution in [0.1, 0.15) is 25.7 Å². The number of rotatable bonds is 8. The van der Waals surface area contributed by atoms with Gasteiger partial charge < -0.3 is 5.11 Å². The summed E-state index contributed by atoms with van der Waals surface area (Å²) in [7, 11) is 0. The lowest BCUT2D eigenvalue weighted by Crippen LogP contribution is -1.93. The summed E-state index contributed by atoms with van der Waals surface area (Å²) in [6, 6.07) is 0. The van der Waals surface area contributed by atoms with Crippen LogP contribution < -0.4 is 0 Å². The van der Waals surface area contributed by atoms with Crippen LogP contribution in [0.25, 0.3) is 0 Å². The first-order chi connectivity index (χ1) is 5.77. The maximum absolute atomic E-state index is 10.1. The Bertz CT molecular complexity index is 134. The normalized spacial score (nSPS) is 9.67. The second kappa shape index (κ2) is 8.65. The van der Waals surface area contributed by atoms with Gasteiger partial charge in [0.1, 0.15) is 0 Å². The Kier molecular flexibility index (Phi) is 8.34. The minimum Gasteiger partial charge on any atom is -0.481 e. The van der Waals surface area contributed by atoms with E-state index in [0.717, 1.165) is 30.8 Å². The fourth-order valence-corrected chi connectivity index (χ4v) is 1.57. The van der Waals surface area contributed by atoms with Crippen molar-refractivity contribution in [2.24, 2.45) is 0 Å². The molecule has 0 aromatic carbocycles. The summed E-state index contributed by atoms with van der Waals surface area (Å²) in [5, 5.41) is 8.34. The number of hydrogen-bond acceptors (Lipinski definition) is 2. The van der Waals surface area contributed by atoms with Crippen LogP contribution in [0, 0.1) is 0 Å². The molecule has 1 N–H and O–H groups in total. The summed E-state index contributed by atoms with van der Waals surface area (Å²) in [5.41, 5.74) is 0. The van der Waals surface area contributed by atoms with Crippen molar-refractivity contribution in [3.8, 4) is 0 Å². The molecule has 3 heteroatoms. The van der Waals surface area contributed by atoms with E-state index in [1.807, 2.05) is 17.8 Å². The van der Waals surface area contributed by atoms with E-state index in [9.17, 15) is 4.79 Å². The van der Waals surface area contributed by atoms with Crippen LogP contribution in [0.5, 0.6) is 0 Å². The Hall–Kier alpha value is -0.440. The van der Waals surface area contributed by atoms with Gasteiger partial charge in [0.05, 0.1) is 0 Å². The fourth-order valence-electron chi connectivity index (χ4n) is 0.824. The third kappa shape index (κ3) is 9.56. The van der Waals surface area contributed by atoms with Crippen LogP contribution in [0.15, 0.2) is 12.7 Å². The molecule has 0 amide bonds. The molecule has 0 heterocycles.